The number of nitrogens with zero attached hydrogens (tertiary/aromatic N) is 1. The Hall–Kier alpha value is -1.59. The van der Waals surface area contributed by atoms with Crippen molar-refractivity contribution < 1.29 is 4.79 Å². The molecule has 1 heterocycles. The molecule has 2 aromatic carbocycles. The number of hydrogen-bond donors (Lipinski definition) is 1. The van der Waals surface area contributed by atoms with Crippen LogP contribution in [-0.2, 0) is 0 Å². The zero-order valence-corrected chi connectivity index (χ0v) is 15.5. The molecule has 122 valence electrons. The topological polar surface area (TPSA) is 42.0 Å². The molecule has 3 rings (SSSR count). The molecule has 0 spiro atoms. The third-order valence-electron chi connectivity index (χ3n) is 3.30. The molecule has 7 heteroatoms. The van der Waals surface area contributed by atoms with Crippen LogP contribution in [0.15, 0.2) is 42.5 Å². The van der Waals surface area contributed by atoms with Crippen LogP contribution in [0.2, 0.25) is 15.1 Å². The second kappa shape index (κ2) is 7.11. The molecule has 0 fully saturated rings. The molecule has 0 aliphatic carbocycles. The highest BCUT2D eigenvalue weighted by molar-refractivity contribution is 7.16. The third-order valence-corrected chi connectivity index (χ3v) is 5.16. The van der Waals surface area contributed by atoms with Crippen LogP contribution in [-0.4, -0.2) is 10.9 Å². The molecule has 0 atom stereocenters. The zero-order chi connectivity index (χ0) is 17.3. The maximum Gasteiger partial charge on any atom is 0.257 e. The Morgan fingerprint density at radius 2 is 1.88 bits per heavy atom. The third kappa shape index (κ3) is 3.73. The molecule has 1 aromatic heterocycles. The quantitative estimate of drug-likeness (QED) is 0.561. The van der Waals surface area contributed by atoms with E-state index >= 15 is 0 Å². The predicted molar refractivity (Wildman–Crippen MR) is 102 cm³/mol. The van der Waals surface area contributed by atoms with Crippen molar-refractivity contribution in [3.63, 3.8) is 0 Å². The number of amides is 1. The number of carbonyl (C=O) groups is 1. The SMILES string of the molecule is Cc1sc(NC(=O)c2ccc(Cl)c(Cl)c2)nc1-c1cccc(Cl)c1. The first-order chi connectivity index (χ1) is 11.4. The molecule has 1 amide bonds. The van der Waals surface area contributed by atoms with Gasteiger partial charge in [-0.3, -0.25) is 10.1 Å². The van der Waals surface area contributed by atoms with Gasteiger partial charge in [-0.2, -0.15) is 0 Å². The fourth-order valence-electron chi connectivity index (χ4n) is 2.16. The van der Waals surface area contributed by atoms with Crippen molar-refractivity contribution in [3.05, 3.63) is 68.0 Å². The highest BCUT2D eigenvalue weighted by Crippen LogP contribution is 2.32. The summed E-state index contributed by atoms with van der Waals surface area (Å²) in [5.41, 5.74) is 2.12. The average Bonchev–Trinajstić information content (AvgIpc) is 2.90. The summed E-state index contributed by atoms with van der Waals surface area (Å²) in [6, 6.07) is 12.2. The van der Waals surface area contributed by atoms with E-state index in [1.54, 1.807) is 18.2 Å². The van der Waals surface area contributed by atoms with Crippen LogP contribution in [0.25, 0.3) is 11.3 Å². The lowest BCUT2D eigenvalue weighted by molar-refractivity contribution is 0.102. The smallest absolute Gasteiger partial charge is 0.257 e. The Morgan fingerprint density at radius 3 is 2.58 bits per heavy atom. The van der Waals surface area contributed by atoms with Crippen molar-refractivity contribution in [2.75, 3.05) is 5.32 Å². The van der Waals surface area contributed by atoms with Gasteiger partial charge in [0.05, 0.1) is 15.7 Å². The van der Waals surface area contributed by atoms with Crippen LogP contribution in [0.4, 0.5) is 5.13 Å². The number of carbonyl (C=O) groups excluding carboxylic acids is 1. The Bertz CT molecular complexity index is 924. The van der Waals surface area contributed by atoms with Crippen LogP contribution in [0.1, 0.15) is 15.2 Å². The number of benzene rings is 2. The van der Waals surface area contributed by atoms with Gasteiger partial charge < -0.3 is 0 Å². The second-order valence-electron chi connectivity index (χ2n) is 5.02. The maximum absolute atomic E-state index is 12.3. The highest BCUT2D eigenvalue weighted by atomic mass is 35.5. The van der Waals surface area contributed by atoms with E-state index in [4.69, 9.17) is 34.8 Å². The second-order valence-corrected chi connectivity index (χ2v) is 7.47. The largest absolute Gasteiger partial charge is 0.298 e. The molecule has 24 heavy (non-hydrogen) atoms. The average molecular weight is 398 g/mol. The Kier molecular flexibility index (Phi) is 5.11. The van der Waals surface area contributed by atoms with Gasteiger partial charge in [0.25, 0.3) is 5.91 Å². The number of nitrogens with one attached hydrogen (secondary N) is 1. The monoisotopic (exact) mass is 396 g/mol. The molecule has 3 aromatic rings. The van der Waals surface area contributed by atoms with Gasteiger partial charge in [-0.1, -0.05) is 46.9 Å². The van der Waals surface area contributed by atoms with Crippen LogP contribution in [0.3, 0.4) is 0 Å². The fraction of sp³-hybridized carbons (Fsp3) is 0.0588. The van der Waals surface area contributed by atoms with Crippen molar-refractivity contribution in [2.24, 2.45) is 0 Å². The number of halogens is 3. The number of hydrogen-bond acceptors (Lipinski definition) is 3. The summed E-state index contributed by atoms with van der Waals surface area (Å²) < 4.78 is 0. The van der Waals surface area contributed by atoms with E-state index in [1.807, 2.05) is 25.1 Å². The van der Waals surface area contributed by atoms with Gasteiger partial charge in [0, 0.05) is 21.0 Å². The number of anilines is 1. The van der Waals surface area contributed by atoms with Gasteiger partial charge in [-0.05, 0) is 37.3 Å². The summed E-state index contributed by atoms with van der Waals surface area (Å²) in [6.07, 6.45) is 0. The van der Waals surface area contributed by atoms with Gasteiger partial charge in [0.15, 0.2) is 5.13 Å². The molecule has 0 aliphatic heterocycles. The van der Waals surface area contributed by atoms with E-state index in [2.05, 4.69) is 10.3 Å². The van der Waals surface area contributed by atoms with Crippen LogP contribution < -0.4 is 5.32 Å². The first-order valence-electron chi connectivity index (χ1n) is 6.94. The van der Waals surface area contributed by atoms with Gasteiger partial charge in [-0.25, -0.2) is 4.98 Å². The normalized spacial score (nSPS) is 10.7. The van der Waals surface area contributed by atoms with E-state index < -0.39 is 0 Å². The van der Waals surface area contributed by atoms with Crippen molar-refractivity contribution in [1.82, 2.24) is 4.98 Å². The number of aryl methyl sites for hydroxylation is 1. The van der Waals surface area contributed by atoms with Crippen molar-refractivity contribution >= 4 is 57.2 Å². The lowest BCUT2D eigenvalue weighted by atomic mass is 10.1. The molecular formula is C17H11Cl3N2OS. The van der Waals surface area contributed by atoms with Gasteiger partial charge in [0.2, 0.25) is 0 Å². The summed E-state index contributed by atoms with van der Waals surface area (Å²) in [5, 5.41) is 4.67. The van der Waals surface area contributed by atoms with E-state index in [-0.39, 0.29) is 5.91 Å². The minimum atomic E-state index is -0.292. The fourth-order valence-corrected chi connectivity index (χ4v) is 3.48. The van der Waals surface area contributed by atoms with E-state index in [0.29, 0.717) is 25.8 Å². The zero-order valence-electron chi connectivity index (χ0n) is 12.4. The molecule has 0 aliphatic rings. The Morgan fingerprint density at radius 1 is 1.08 bits per heavy atom. The number of rotatable bonds is 3. The summed E-state index contributed by atoms with van der Waals surface area (Å²) >= 11 is 19.2. The highest BCUT2D eigenvalue weighted by Gasteiger charge is 2.14. The molecule has 0 saturated carbocycles. The van der Waals surface area contributed by atoms with E-state index in [0.717, 1.165) is 16.1 Å². The minimum absolute atomic E-state index is 0.292. The Balaban J connectivity index is 1.85. The summed E-state index contributed by atoms with van der Waals surface area (Å²) in [4.78, 5) is 17.8. The minimum Gasteiger partial charge on any atom is -0.298 e. The van der Waals surface area contributed by atoms with E-state index in [9.17, 15) is 4.79 Å². The van der Waals surface area contributed by atoms with Crippen molar-refractivity contribution in [1.29, 1.82) is 0 Å². The summed E-state index contributed by atoms with van der Waals surface area (Å²) in [7, 11) is 0. The van der Waals surface area contributed by atoms with Gasteiger partial charge >= 0.3 is 0 Å². The van der Waals surface area contributed by atoms with Crippen molar-refractivity contribution in [2.45, 2.75) is 6.92 Å². The molecule has 0 radical (unpaired) electrons. The summed E-state index contributed by atoms with van der Waals surface area (Å²) in [6.45, 7) is 1.95. The van der Waals surface area contributed by atoms with Crippen LogP contribution in [0, 0.1) is 6.92 Å². The first-order valence-corrected chi connectivity index (χ1v) is 8.89. The van der Waals surface area contributed by atoms with E-state index in [1.165, 1.54) is 17.4 Å². The first kappa shape index (κ1) is 17.2. The lowest BCUT2D eigenvalue weighted by Crippen LogP contribution is -2.11. The molecular weight excluding hydrogens is 387 g/mol. The number of aromatic nitrogens is 1. The van der Waals surface area contributed by atoms with Crippen LogP contribution in [0.5, 0.6) is 0 Å². The van der Waals surface area contributed by atoms with Gasteiger partial charge in [-0.15, -0.1) is 11.3 Å². The Labute approximate surface area is 158 Å². The number of thiazole rings is 1. The molecule has 1 N–H and O–H groups in total. The predicted octanol–water partition coefficient (Wildman–Crippen LogP) is 6.33. The molecule has 3 nitrogen and oxygen atoms in total. The van der Waals surface area contributed by atoms with Gasteiger partial charge in [0.1, 0.15) is 0 Å². The van der Waals surface area contributed by atoms with Crippen LogP contribution >= 0.6 is 46.1 Å². The van der Waals surface area contributed by atoms with Crippen molar-refractivity contribution in [3.8, 4) is 11.3 Å². The molecule has 0 bridgehead atoms. The maximum atomic E-state index is 12.3. The molecule has 0 unspecified atom stereocenters. The molecule has 0 saturated heterocycles. The summed E-state index contributed by atoms with van der Waals surface area (Å²) in [5.74, 6) is -0.292. The standard InChI is InChI=1S/C17H11Cl3N2OS/c1-9-15(10-3-2-4-12(18)7-10)21-17(24-9)22-16(23)11-5-6-13(19)14(20)8-11/h2-8H,1H3,(H,21,22,23). The lowest BCUT2D eigenvalue weighted by Gasteiger charge is -2.03.